The summed E-state index contributed by atoms with van der Waals surface area (Å²) in [4.78, 5) is 14.3. The number of para-hydroxylation sites is 2. The number of hydrogen-bond donors (Lipinski definition) is 1. The lowest BCUT2D eigenvalue weighted by Crippen LogP contribution is -2.36. The molecule has 6 nitrogen and oxygen atoms in total. The number of sulfone groups is 1. The third-order valence-corrected chi connectivity index (χ3v) is 6.01. The monoisotopic (exact) mass is 410 g/mol. The van der Waals surface area contributed by atoms with Crippen molar-refractivity contribution in [1.82, 2.24) is 4.90 Å². The van der Waals surface area contributed by atoms with Gasteiger partial charge < -0.3 is 10.1 Å². The minimum atomic E-state index is -3.44. The number of nitrogens with one attached hydrogen (secondary N) is 1. The predicted molar refractivity (Wildman–Crippen MR) is 107 cm³/mol. The van der Waals surface area contributed by atoms with E-state index in [0.29, 0.717) is 23.0 Å². The van der Waals surface area contributed by atoms with E-state index in [1.165, 1.54) is 19.2 Å². The first-order valence-electron chi connectivity index (χ1n) is 8.49. The summed E-state index contributed by atoms with van der Waals surface area (Å²) in [5.74, 6) is 0.259. The molecule has 2 rings (SSSR count). The molecule has 0 bridgehead atoms. The maximum Gasteiger partial charge on any atom is 0.238 e. The van der Waals surface area contributed by atoms with Crippen LogP contribution in [0.5, 0.6) is 5.75 Å². The summed E-state index contributed by atoms with van der Waals surface area (Å²) in [6, 6.07) is 13.2. The number of methoxy groups -OCH3 is 1. The molecule has 1 N–H and O–H groups in total. The number of ether oxygens (including phenoxy) is 1. The van der Waals surface area contributed by atoms with Crippen molar-refractivity contribution in [3.05, 3.63) is 53.6 Å². The minimum absolute atomic E-state index is 0.0790. The summed E-state index contributed by atoms with van der Waals surface area (Å²) in [6.07, 6.45) is 0. The van der Waals surface area contributed by atoms with Crippen LogP contribution in [0.25, 0.3) is 0 Å². The van der Waals surface area contributed by atoms with E-state index in [-0.39, 0.29) is 29.6 Å². The average Bonchev–Trinajstić information content (AvgIpc) is 2.66. The molecular formula is C19H23ClN2O4S. The normalized spacial score (nSPS) is 11.4. The highest BCUT2D eigenvalue weighted by molar-refractivity contribution is 7.91. The lowest BCUT2D eigenvalue weighted by Gasteiger charge is -2.20. The molecular weight excluding hydrogens is 388 g/mol. The largest absolute Gasteiger partial charge is 0.495 e. The molecule has 0 heterocycles. The van der Waals surface area contributed by atoms with E-state index in [0.717, 1.165) is 0 Å². The van der Waals surface area contributed by atoms with Gasteiger partial charge >= 0.3 is 0 Å². The Hall–Kier alpha value is -2.09. The molecule has 0 radical (unpaired) electrons. The van der Waals surface area contributed by atoms with Gasteiger partial charge in [-0.1, -0.05) is 30.7 Å². The second-order valence-electron chi connectivity index (χ2n) is 5.89. The molecule has 0 fully saturated rings. The van der Waals surface area contributed by atoms with Crippen LogP contribution in [0.1, 0.15) is 6.92 Å². The quantitative estimate of drug-likeness (QED) is 0.687. The minimum Gasteiger partial charge on any atom is -0.495 e. The maximum atomic E-state index is 12.4. The number of hydrogen-bond acceptors (Lipinski definition) is 5. The molecule has 0 saturated carbocycles. The van der Waals surface area contributed by atoms with E-state index in [2.05, 4.69) is 5.32 Å². The van der Waals surface area contributed by atoms with Crippen molar-refractivity contribution in [2.24, 2.45) is 0 Å². The average molecular weight is 411 g/mol. The molecule has 2 aromatic rings. The summed E-state index contributed by atoms with van der Waals surface area (Å²) in [5.41, 5.74) is 0.579. The van der Waals surface area contributed by atoms with Crippen molar-refractivity contribution >= 4 is 33.0 Å². The fourth-order valence-electron chi connectivity index (χ4n) is 2.50. The lowest BCUT2D eigenvalue weighted by molar-refractivity contribution is -0.117. The van der Waals surface area contributed by atoms with Crippen molar-refractivity contribution in [2.45, 2.75) is 11.8 Å². The number of likely N-dealkylation sites (N-methyl/N-ethyl adjacent to an activating group) is 1. The molecule has 0 aliphatic heterocycles. The van der Waals surface area contributed by atoms with E-state index in [9.17, 15) is 13.2 Å². The van der Waals surface area contributed by atoms with E-state index in [1.54, 1.807) is 35.2 Å². The van der Waals surface area contributed by atoms with Gasteiger partial charge in [-0.25, -0.2) is 8.42 Å². The molecule has 0 unspecified atom stereocenters. The van der Waals surface area contributed by atoms with Crippen LogP contribution in [0.3, 0.4) is 0 Å². The molecule has 2 aromatic carbocycles. The SMILES string of the molecule is CCN(CCS(=O)(=O)c1ccc(Cl)cc1)CC(=O)Nc1ccccc1OC. The van der Waals surface area contributed by atoms with Crippen molar-refractivity contribution in [3.8, 4) is 5.75 Å². The van der Waals surface area contributed by atoms with Crippen molar-refractivity contribution in [2.75, 3.05) is 37.8 Å². The van der Waals surface area contributed by atoms with Crippen LogP contribution in [0.15, 0.2) is 53.4 Å². The van der Waals surface area contributed by atoms with E-state index < -0.39 is 9.84 Å². The number of benzene rings is 2. The Morgan fingerprint density at radius 2 is 1.81 bits per heavy atom. The Kier molecular flexibility index (Phi) is 7.65. The zero-order chi connectivity index (χ0) is 19.9. The Bertz CT molecular complexity index is 870. The van der Waals surface area contributed by atoms with Crippen LogP contribution in [-0.4, -0.2) is 51.7 Å². The van der Waals surface area contributed by atoms with E-state index in [1.807, 2.05) is 13.0 Å². The zero-order valence-corrected chi connectivity index (χ0v) is 16.9. The summed E-state index contributed by atoms with van der Waals surface area (Å²) >= 11 is 5.80. The molecule has 0 atom stereocenters. The fourth-order valence-corrected chi connectivity index (χ4v) is 3.91. The third-order valence-electron chi connectivity index (χ3n) is 4.04. The van der Waals surface area contributed by atoms with E-state index >= 15 is 0 Å². The zero-order valence-electron chi connectivity index (χ0n) is 15.3. The molecule has 0 aromatic heterocycles. The summed E-state index contributed by atoms with van der Waals surface area (Å²) in [6.45, 7) is 2.77. The van der Waals surface area contributed by atoms with Crippen LogP contribution in [0.2, 0.25) is 5.02 Å². The summed E-state index contributed by atoms with van der Waals surface area (Å²) < 4.78 is 30.1. The molecule has 0 aliphatic carbocycles. The fraction of sp³-hybridized carbons (Fsp3) is 0.316. The van der Waals surface area contributed by atoms with Gasteiger partial charge in [-0.2, -0.15) is 0 Å². The number of carbonyl (C=O) groups is 1. The highest BCUT2D eigenvalue weighted by Gasteiger charge is 2.18. The third kappa shape index (κ3) is 6.23. The predicted octanol–water partition coefficient (Wildman–Crippen LogP) is 3.08. The molecule has 0 aliphatic rings. The Labute approximate surface area is 165 Å². The van der Waals surface area contributed by atoms with Gasteiger partial charge in [-0.15, -0.1) is 0 Å². The number of rotatable bonds is 9. The van der Waals surface area contributed by atoms with Gasteiger partial charge in [0.1, 0.15) is 5.75 Å². The second kappa shape index (κ2) is 9.73. The van der Waals surface area contributed by atoms with Crippen LogP contribution < -0.4 is 10.1 Å². The number of carbonyl (C=O) groups excluding carboxylic acids is 1. The smallest absolute Gasteiger partial charge is 0.238 e. The topological polar surface area (TPSA) is 75.7 Å². The molecule has 8 heteroatoms. The van der Waals surface area contributed by atoms with Gasteiger partial charge in [0.2, 0.25) is 5.91 Å². The first kappa shape index (κ1) is 21.2. The van der Waals surface area contributed by atoms with Gasteiger partial charge in [0.25, 0.3) is 0 Å². The first-order valence-corrected chi connectivity index (χ1v) is 10.5. The van der Waals surface area contributed by atoms with Gasteiger partial charge in [-0.05, 0) is 42.9 Å². The number of anilines is 1. The standard InChI is InChI=1S/C19H23ClN2O4S/c1-3-22(12-13-27(24,25)16-10-8-15(20)9-11-16)14-19(23)21-17-6-4-5-7-18(17)26-2/h4-11H,3,12-14H2,1-2H3,(H,21,23). The van der Waals surface area contributed by atoms with Crippen molar-refractivity contribution in [3.63, 3.8) is 0 Å². The van der Waals surface area contributed by atoms with Crippen LogP contribution in [0, 0.1) is 0 Å². The molecule has 27 heavy (non-hydrogen) atoms. The first-order chi connectivity index (χ1) is 12.9. The van der Waals surface area contributed by atoms with Crippen LogP contribution in [0.4, 0.5) is 5.69 Å². The van der Waals surface area contributed by atoms with Crippen molar-refractivity contribution < 1.29 is 17.9 Å². The van der Waals surface area contributed by atoms with Gasteiger partial charge in [-0.3, -0.25) is 9.69 Å². The maximum absolute atomic E-state index is 12.4. The number of amides is 1. The van der Waals surface area contributed by atoms with Crippen molar-refractivity contribution in [1.29, 1.82) is 0 Å². The summed E-state index contributed by atoms with van der Waals surface area (Å²) in [7, 11) is -1.91. The highest BCUT2D eigenvalue weighted by Crippen LogP contribution is 2.22. The lowest BCUT2D eigenvalue weighted by atomic mass is 10.3. The Morgan fingerprint density at radius 3 is 2.44 bits per heavy atom. The van der Waals surface area contributed by atoms with Gasteiger partial charge in [0.05, 0.1) is 30.0 Å². The Balaban J connectivity index is 1.94. The molecule has 0 saturated heterocycles. The number of nitrogens with zero attached hydrogens (tertiary/aromatic N) is 1. The van der Waals surface area contributed by atoms with Gasteiger partial charge in [0.15, 0.2) is 9.84 Å². The van der Waals surface area contributed by atoms with Gasteiger partial charge in [0, 0.05) is 11.6 Å². The molecule has 1 amide bonds. The summed E-state index contributed by atoms with van der Waals surface area (Å²) in [5, 5.41) is 3.28. The number of halogens is 1. The molecule has 0 spiro atoms. The molecule has 146 valence electrons. The highest BCUT2D eigenvalue weighted by atomic mass is 35.5. The van der Waals surface area contributed by atoms with E-state index in [4.69, 9.17) is 16.3 Å². The second-order valence-corrected chi connectivity index (χ2v) is 8.44. The van der Waals surface area contributed by atoms with Crippen LogP contribution in [-0.2, 0) is 14.6 Å². The van der Waals surface area contributed by atoms with Crippen LogP contribution >= 0.6 is 11.6 Å². The Morgan fingerprint density at radius 1 is 1.15 bits per heavy atom.